The van der Waals surface area contributed by atoms with E-state index in [0.29, 0.717) is 20.9 Å². The van der Waals surface area contributed by atoms with Crippen LogP contribution in [0.5, 0.6) is 5.75 Å². The summed E-state index contributed by atoms with van der Waals surface area (Å²) in [5.41, 5.74) is 4.93. The summed E-state index contributed by atoms with van der Waals surface area (Å²) in [5.74, 6) is 0.0278. The van der Waals surface area contributed by atoms with Crippen LogP contribution in [0.1, 0.15) is 15.9 Å². The number of hydrogen-bond donors (Lipinski definition) is 2. The zero-order valence-corrected chi connectivity index (χ0v) is 17.0. The number of nitrogens with one attached hydrogen (secondary N) is 2. The van der Waals surface area contributed by atoms with Crippen molar-refractivity contribution >= 4 is 51.1 Å². The third kappa shape index (κ3) is 5.73. The fourth-order valence-corrected chi connectivity index (χ4v) is 2.87. The predicted octanol–water partition coefficient (Wildman–Crippen LogP) is 4.99. The maximum absolute atomic E-state index is 12.2. The van der Waals surface area contributed by atoms with Crippen LogP contribution in [0.2, 0.25) is 0 Å². The molecule has 0 saturated carbocycles. The van der Waals surface area contributed by atoms with Gasteiger partial charge < -0.3 is 10.1 Å². The maximum atomic E-state index is 12.2. The van der Waals surface area contributed by atoms with Gasteiger partial charge in [-0.15, -0.1) is 0 Å². The molecule has 0 bridgehead atoms. The number of benzene rings is 3. The Balaban J connectivity index is 1.52. The van der Waals surface area contributed by atoms with Crippen LogP contribution in [0.4, 0.5) is 5.69 Å². The number of nitrogens with zero attached hydrogens (tertiary/aromatic N) is 1. The van der Waals surface area contributed by atoms with E-state index in [4.69, 9.17) is 17.0 Å². The number of carbonyl (C=O) groups excluding carboxylic acids is 1. The summed E-state index contributed by atoms with van der Waals surface area (Å²) in [6, 6.07) is 23.7. The first-order chi connectivity index (χ1) is 13.6. The molecule has 0 atom stereocenters. The molecule has 0 aliphatic heterocycles. The second-order valence-corrected chi connectivity index (χ2v) is 6.89. The van der Waals surface area contributed by atoms with E-state index in [0.717, 1.165) is 11.3 Å². The molecule has 0 aliphatic carbocycles. The summed E-state index contributed by atoms with van der Waals surface area (Å²) in [5, 5.41) is 7.51. The monoisotopic (exact) mass is 453 g/mol. The predicted molar refractivity (Wildman–Crippen MR) is 119 cm³/mol. The molecule has 3 aromatic rings. The molecule has 3 aromatic carbocycles. The number of rotatable bonds is 5. The molecule has 2 N–H and O–H groups in total. The summed E-state index contributed by atoms with van der Waals surface area (Å²) in [4.78, 5) is 12.2. The van der Waals surface area contributed by atoms with Gasteiger partial charge in [-0.05, 0) is 82.2 Å². The number of carbonyl (C=O) groups is 1. The summed E-state index contributed by atoms with van der Waals surface area (Å²) in [6.07, 6.45) is 1.62. The number of esters is 1. The summed E-state index contributed by atoms with van der Waals surface area (Å²) in [6.45, 7) is 0. The van der Waals surface area contributed by atoms with Crippen LogP contribution in [0.25, 0.3) is 0 Å². The molecular weight excluding hydrogens is 438 g/mol. The number of thiocarbonyl (C=S) groups is 1. The maximum Gasteiger partial charge on any atom is 0.344 e. The fourth-order valence-electron chi connectivity index (χ4n) is 2.26. The van der Waals surface area contributed by atoms with Crippen LogP contribution in [-0.4, -0.2) is 17.3 Å². The number of halogens is 1. The highest BCUT2D eigenvalue weighted by Crippen LogP contribution is 2.19. The summed E-state index contributed by atoms with van der Waals surface area (Å²) < 4.78 is 6.08. The zero-order valence-electron chi connectivity index (χ0n) is 14.6. The van der Waals surface area contributed by atoms with Crippen molar-refractivity contribution in [1.82, 2.24) is 5.43 Å². The van der Waals surface area contributed by atoms with Gasteiger partial charge >= 0.3 is 5.97 Å². The Labute approximate surface area is 176 Å². The number of anilines is 1. The lowest BCUT2D eigenvalue weighted by molar-refractivity contribution is 0.0734. The van der Waals surface area contributed by atoms with Crippen molar-refractivity contribution in [2.45, 2.75) is 0 Å². The van der Waals surface area contributed by atoms with E-state index in [-0.39, 0.29) is 0 Å². The van der Waals surface area contributed by atoms with Gasteiger partial charge in [-0.25, -0.2) is 4.79 Å². The standard InChI is InChI=1S/C21H16BrN3O2S/c22-19-9-5-4-8-18(19)20(26)27-17-12-10-15(11-13-17)14-23-25-21(28)24-16-6-2-1-3-7-16/h1-14H,(H2,24,25,28)/b23-14-. The van der Waals surface area contributed by atoms with Crippen LogP contribution < -0.4 is 15.5 Å². The number of para-hydroxylation sites is 1. The van der Waals surface area contributed by atoms with Crippen molar-refractivity contribution in [1.29, 1.82) is 0 Å². The second-order valence-electron chi connectivity index (χ2n) is 5.63. The first kappa shape index (κ1) is 19.7. The Morgan fingerprint density at radius 1 is 0.964 bits per heavy atom. The van der Waals surface area contributed by atoms with Crippen LogP contribution in [0.3, 0.4) is 0 Å². The average molecular weight is 454 g/mol. The van der Waals surface area contributed by atoms with Gasteiger partial charge in [-0.1, -0.05) is 30.3 Å². The highest BCUT2D eigenvalue weighted by atomic mass is 79.9. The smallest absolute Gasteiger partial charge is 0.344 e. The number of hydrogen-bond acceptors (Lipinski definition) is 4. The zero-order chi connectivity index (χ0) is 19.8. The highest BCUT2D eigenvalue weighted by Gasteiger charge is 2.11. The Hall–Kier alpha value is -3.03. The lowest BCUT2D eigenvalue weighted by Gasteiger charge is -2.07. The summed E-state index contributed by atoms with van der Waals surface area (Å²) in [7, 11) is 0. The molecule has 0 aliphatic rings. The quantitative estimate of drug-likeness (QED) is 0.187. The number of ether oxygens (including phenoxy) is 1. The van der Waals surface area contributed by atoms with E-state index in [1.54, 1.807) is 48.7 Å². The van der Waals surface area contributed by atoms with Gasteiger partial charge in [-0.2, -0.15) is 5.10 Å². The molecule has 0 unspecified atom stereocenters. The molecule has 0 aromatic heterocycles. The van der Waals surface area contributed by atoms with Gasteiger partial charge in [0.1, 0.15) is 5.75 Å². The van der Waals surface area contributed by atoms with Gasteiger partial charge in [-0.3, -0.25) is 5.43 Å². The molecule has 0 radical (unpaired) electrons. The molecule has 5 nitrogen and oxygen atoms in total. The minimum atomic E-state index is -0.423. The van der Waals surface area contributed by atoms with E-state index < -0.39 is 5.97 Å². The SMILES string of the molecule is O=C(Oc1ccc(/C=N\NC(=S)Nc2ccccc2)cc1)c1ccccc1Br. The molecule has 0 heterocycles. The van der Waals surface area contributed by atoms with Gasteiger partial charge in [0.2, 0.25) is 0 Å². The molecule has 140 valence electrons. The lowest BCUT2D eigenvalue weighted by Crippen LogP contribution is -2.23. The van der Waals surface area contributed by atoms with Crippen molar-refractivity contribution in [2.24, 2.45) is 5.10 Å². The normalized spacial score (nSPS) is 10.5. The van der Waals surface area contributed by atoms with Crippen LogP contribution in [0, 0.1) is 0 Å². The Morgan fingerprint density at radius 3 is 2.36 bits per heavy atom. The van der Waals surface area contributed by atoms with Gasteiger partial charge in [0, 0.05) is 10.2 Å². The molecule has 0 fully saturated rings. The highest BCUT2D eigenvalue weighted by molar-refractivity contribution is 9.10. The molecule has 0 saturated heterocycles. The van der Waals surface area contributed by atoms with Crippen LogP contribution in [-0.2, 0) is 0 Å². The van der Waals surface area contributed by atoms with E-state index in [1.165, 1.54) is 0 Å². The van der Waals surface area contributed by atoms with Crippen molar-refractivity contribution < 1.29 is 9.53 Å². The molecule has 0 spiro atoms. The third-order valence-corrected chi connectivity index (χ3v) is 4.48. The van der Waals surface area contributed by atoms with E-state index in [2.05, 4.69) is 31.8 Å². The fraction of sp³-hybridized carbons (Fsp3) is 0. The van der Waals surface area contributed by atoms with Crippen molar-refractivity contribution in [3.05, 3.63) is 94.5 Å². The van der Waals surface area contributed by atoms with Crippen molar-refractivity contribution in [3.63, 3.8) is 0 Å². The topological polar surface area (TPSA) is 62.7 Å². The van der Waals surface area contributed by atoms with Gasteiger partial charge in [0.25, 0.3) is 0 Å². The third-order valence-electron chi connectivity index (χ3n) is 3.60. The van der Waals surface area contributed by atoms with Crippen LogP contribution in [0.15, 0.2) is 88.4 Å². The summed E-state index contributed by atoms with van der Waals surface area (Å²) >= 11 is 8.52. The van der Waals surface area contributed by atoms with Crippen LogP contribution >= 0.6 is 28.1 Å². The largest absolute Gasteiger partial charge is 0.423 e. The van der Waals surface area contributed by atoms with Gasteiger partial charge in [0.05, 0.1) is 11.8 Å². The van der Waals surface area contributed by atoms with Crippen molar-refractivity contribution in [2.75, 3.05) is 5.32 Å². The molecule has 0 amide bonds. The molecular formula is C21H16BrN3O2S. The lowest BCUT2D eigenvalue weighted by atomic mass is 10.2. The Morgan fingerprint density at radius 2 is 1.64 bits per heavy atom. The molecule has 7 heteroatoms. The first-order valence-corrected chi connectivity index (χ1v) is 9.54. The van der Waals surface area contributed by atoms with Gasteiger partial charge in [0.15, 0.2) is 5.11 Å². The number of hydrazone groups is 1. The minimum Gasteiger partial charge on any atom is -0.423 e. The average Bonchev–Trinajstić information content (AvgIpc) is 2.70. The Kier molecular flexibility index (Phi) is 6.89. The molecule has 28 heavy (non-hydrogen) atoms. The minimum absolute atomic E-state index is 0.390. The molecule has 3 rings (SSSR count). The Bertz CT molecular complexity index is 992. The second kappa shape index (κ2) is 9.77. The van der Waals surface area contributed by atoms with E-state index in [1.807, 2.05) is 36.4 Å². The van der Waals surface area contributed by atoms with E-state index in [9.17, 15) is 4.79 Å². The van der Waals surface area contributed by atoms with E-state index >= 15 is 0 Å². The first-order valence-electron chi connectivity index (χ1n) is 8.34. The van der Waals surface area contributed by atoms with Crippen molar-refractivity contribution in [3.8, 4) is 5.75 Å².